The highest BCUT2D eigenvalue weighted by atomic mass is 16.5. The molecule has 2 rings (SSSR count). The molecule has 0 saturated carbocycles. The van der Waals surface area contributed by atoms with E-state index in [4.69, 9.17) is 9.84 Å². The van der Waals surface area contributed by atoms with Gasteiger partial charge in [-0.2, -0.15) is 0 Å². The van der Waals surface area contributed by atoms with Crippen molar-refractivity contribution in [1.29, 1.82) is 0 Å². The number of fused-ring (bicyclic) bond motifs is 1. The maximum atomic E-state index is 9.02. The SMILES string of the molecule is C=C(CO)c1ccc2cc(OC)ccc2c1. The van der Waals surface area contributed by atoms with Gasteiger partial charge >= 0.3 is 0 Å². The van der Waals surface area contributed by atoms with Crippen molar-refractivity contribution >= 4 is 16.3 Å². The Kier molecular flexibility index (Phi) is 2.93. The molecule has 2 aromatic rings. The van der Waals surface area contributed by atoms with E-state index in [0.29, 0.717) is 0 Å². The molecule has 2 heteroatoms. The second-order valence-corrected chi connectivity index (χ2v) is 3.69. The third-order valence-corrected chi connectivity index (χ3v) is 2.65. The highest BCUT2D eigenvalue weighted by Gasteiger charge is 2.00. The summed E-state index contributed by atoms with van der Waals surface area (Å²) < 4.78 is 5.16. The summed E-state index contributed by atoms with van der Waals surface area (Å²) in [6, 6.07) is 11.9. The molecule has 0 aromatic heterocycles. The van der Waals surface area contributed by atoms with Crippen molar-refractivity contribution in [3.05, 3.63) is 48.5 Å². The number of aliphatic hydroxyl groups is 1. The lowest BCUT2D eigenvalue weighted by atomic mass is 10.0. The van der Waals surface area contributed by atoms with Crippen molar-refractivity contribution in [3.8, 4) is 5.75 Å². The zero-order chi connectivity index (χ0) is 11.5. The summed E-state index contributed by atoms with van der Waals surface area (Å²) >= 11 is 0. The lowest BCUT2D eigenvalue weighted by Gasteiger charge is -2.06. The van der Waals surface area contributed by atoms with Crippen LogP contribution in [0.5, 0.6) is 5.75 Å². The van der Waals surface area contributed by atoms with Crippen molar-refractivity contribution in [2.75, 3.05) is 13.7 Å². The van der Waals surface area contributed by atoms with E-state index in [1.165, 1.54) is 0 Å². The van der Waals surface area contributed by atoms with Gasteiger partial charge in [0.25, 0.3) is 0 Å². The molecular weight excluding hydrogens is 200 g/mol. The molecule has 0 radical (unpaired) electrons. The molecule has 1 N–H and O–H groups in total. The van der Waals surface area contributed by atoms with E-state index in [1.807, 2.05) is 36.4 Å². The molecule has 0 aliphatic carbocycles. The average molecular weight is 214 g/mol. The molecule has 0 saturated heterocycles. The van der Waals surface area contributed by atoms with Crippen molar-refractivity contribution in [2.24, 2.45) is 0 Å². The maximum absolute atomic E-state index is 9.02. The molecular formula is C14H14O2. The fourth-order valence-electron chi connectivity index (χ4n) is 1.66. The molecule has 0 aliphatic heterocycles. The molecule has 0 aliphatic rings. The molecule has 2 nitrogen and oxygen atoms in total. The van der Waals surface area contributed by atoms with Crippen LogP contribution in [-0.4, -0.2) is 18.8 Å². The molecule has 0 atom stereocenters. The number of hydrogen-bond acceptors (Lipinski definition) is 2. The van der Waals surface area contributed by atoms with Crippen LogP contribution in [0.2, 0.25) is 0 Å². The Balaban J connectivity index is 2.51. The van der Waals surface area contributed by atoms with Crippen LogP contribution in [0, 0.1) is 0 Å². The van der Waals surface area contributed by atoms with Gasteiger partial charge in [0.2, 0.25) is 0 Å². The van der Waals surface area contributed by atoms with Gasteiger partial charge in [-0.15, -0.1) is 0 Å². The van der Waals surface area contributed by atoms with Crippen LogP contribution in [0.1, 0.15) is 5.56 Å². The van der Waals surface area contributed by atoms with Crippen LogP contribution in [0.3, 0.4) is 0 Å². The minimum absolute atomic E-state index is 0.0122. The summed E-state index contributed by atoms with van der Waals surface area (Å²) in [5.74, 6) is 0.848. The first kappa shape index (κ1) is 10.7. The second kappa shape index (κ2) is 4.37. The Labute approximate surface area is 94.8 Å². The molecule has 2 aromatic carbocycles. The van der Waals surface area contributed by atoms with Gasteiger partial charge in [0.1, 0.15) is 5.75 Å². The number of hydrogen-bond donors (Lipinski definition) is 1. The van der Waals surface area contributed by atoms with Gasteiger partial charge in [-0.25, -0.2) is 0 Å². The van der Waals surface area contributed by atoms with Gasteiger partial charge in [-0.1, -0.05) is 24.8 Å². The van der Waals surface area contributed by atoms with E-state index >= 15 is 0 Å². The molecule has 0 bridgehead atoms. The maximum Gasteiger partial charge on any atom is 0.119 e. The summed E-state index contributed by atoms with van der Waals surface area (Å²) in [5.41, 5.74) is 1.71. The number of aliphatic hydroxyl groups excluding tert-OH is 1. The molecule has 16 heavy (non-hydrogen) atoms. The first-order valence-corrected chi connectivity index (χ1v) is 5.11. The smallest absolute Gasteiger partial charge is 0.119 e. The van der Waals surface area contributed by atoms with E-state index in [9.17, 15) is 0 Å². The van der Waals surface area contributed by atoms with E-state index in [1.54, 1.807) is 7.11 Å². The quantitative estimate of drug-likeness (QED) is 0.851. The highest BCUT2D eigenvalue weighted by Crippen LogP contribution is 2.24. The molecule has 0 spiro atoms. The Bertz CT molecular complexity index is 529. The first-order valence-electron chi connectivity index (χ1n) is 5.11. The van der Waals surface area contributed by atoms with E-state index < -0.39 is 0 Å². The van der Waals surface area contributed by atoms with Crippen LogP contribution in [-0.2, 0) is 0 Å². The second-order valence-electron chi connectivity index (χ2n) is 3.69. The van der Waals surface area contributed by atoms with Crippen LogP contribution < -0.4 is 4.74 Å². The van der Waals surface area contributed by atoms with Gasteiger partial charge in [0.05, 0.1) is 13.7 Å². The zero-order valence-electron chi connectivity index (χ0n) is 9.23. The lowest BCUT2D eigenvalue weighted by molar-refractivity contribution is 0.350. The number of methoxy groups -OCH3 is 1. The zero-order valence-corrected chi connectivity index (χ0v) is 9.23. The summed E-state index contributed by atoms with van der Waals surface area (Å²) in [5, 5.41) is 11.3. The monoisotopic (exact) mass is 214 g/mol. The Hall–Kier alpha value is -1.80. The van der Waals surface area contributed by atoms with E-state index in [2.05, 4.69) is 6.58 Å². The van der Waals surface area contributed by atoms with Gasteiger partial charge < -0.3 is 9.84 Å². The summed E-state index contributed by atoms with van der Waals surface area (Å²) in [7, 11) is 1.66. The molecule has 0 fully saturated rings. The van der Waals surface area contributed by atoms with Crippen molar-refractivity contribution in [2.45, 2.75) is 0 Å². The van der Waals surface area contributed by atoms with E-state index in [0.717, 1.165) is 27.7 Å². The standard InChI is InChI=1S/C14H14O2/c1-10(9-15)11-3-4-13-8-14(16-2)6-5-12(13)7-11/h3-8,15H,1,9H2,2H3. The van der Waals surface area contributed by atoms with Crippen LogP contribution >= 0.6 is 0 Å². The summed E-state index contributed by atoms with van der Waals surface area (Å²) in [4.78, 5) is 0. The van der Waals surface area contributed by atoms with Crippen molar-refractivity contribution in [1.82, 2.24) is 0 Å². The third kappa shape index (κ3) is 1.92. The Morgan fingerprint density at radius 1 is 1.19 bits per heavy atom. The summed E-state index contributed by atoms with van der Waals surface area (Å²) in [6.07, 6.45) is 0. The van der Waals surface area contributed by atoms with Crippen LogP contribution in [0.25, 0.3) is 16.3 Å². The van der Waals surface area contributed by atoms with Gasteiger partial charge in [0, 0.05) is 0 Å². The lowest BCUT2D eigenvalue weighted by Crippen LogP contribution is -1.88. The van der Waals surface area contributed by atoms with Gasteiger partial charge in [0.15, 0.2) is 0 Å². The first-order chi connectivity index (χ1) is 7.74. The molecule has 0 amide bonds. The fraction of sp³-hybridized carbons (Fsp3) is 0.143. The average Bonchev–Trinajstić information content (AvgIpc) is 2.36. The molecule has 82 valence electrons. The topological polar surface area (TPSA) is 29.5 Å². The fourth-order valence-corrected chi connectivity index (χ4v) is 1.66. The highest BCUT2D eigenvalue weighted by molar-refractivity contribution is 5.87. The largest absolute Gasteiger partial charge is 0.497 e. The van der Waals surface area contributed by atoms with Crippen LogP contribution in [0.4, 0.5) is 0 Å². The Morgan fingerprint density at radius 3 is 2.56 bits per heavy atom. The number of benzene rings is 2. The molecule has 0 unspecified atom stereocenters. The van der Waals surface area contributed by atoms with Crippen LogP contribution in [0.15, 0.2) is 43.0 Å². The van der Waals surface area contributed by atoms with Crippen molar-refractivity contribution in [3.63, 3.8) is 0 Å². The van der Waals surface area contributed by atoms with E-state index in [-0.39, 0.29) is 6.61 Å². The van der Waals surface area contributed by atoms with Gasteiger partial charge in [-0.05, 0) is 40.1 Å². The van der Waals surface area contributed by atoms with Gasteiger partial charge in [-0.3, -0.25) is 0 Å². The third-order valence-electron chi connectivity index (χ3n) is 2.65. The molecule has 0 heterocycles. The normalized spacial score (nSPS) is 10.4. The van der Waals surface area contributed by atoms with Crippen molar-refractivity contribution < 1.29 is 9.84 Å². The Morgan fingerprint density at radius 2 is 1.88 bits per heavy atom. The predicted octanol–water partition coefficient (Wildman–Crippen LogP) is 2.85. The predicted molar refractivity (Wildman–Crippen MR) is 66.6 cm³/mol. The number of rotatable bonds is 3. The minimum atomic E-state index is -0.0122. The number of ether oxygens (including phenoxy) is 1. The minimum Gasteiger partial charge on any atom is -0.497 e. The summed E-state index contributed by atoms with van der Waals surface area (Å²) in [6.45, 7) is 3.80.